The van der Waals surface area contributed by atoms with Gasteiger partial charge in [0, 0.05) is 12.1 Å². The van der Waals surface area contributed by atoms with E-state index in [1.54, 1.807) is 77.1 Å². The Bertz CT molecular complexity index is 1490. The van der Waals surface area contributed by atoms with Crippen molar-refractivity contribution < 1.29 is 31.2 Å². The zero-order valence-corrected chi connectivity index (χ0v) is 25.1. The number of carbonyl (C=O) groups is 2. The number of anilines is 1. The molecule has 11 heteroatoms. The van der Waals surface area contributed by atoms with E-state index in [1.165, 1.54) is 23.1 Å². The average molecular weight is 604 g/mol. The zero-order chi connectivity index (χ0) is 31.3. The predicted molar refractivity (Wildman–Crippen MR) is 156 cm³/mol. The van der Waals surface area contributed by atoms with Crippen molar-refractivity contribution in [1.29, 1.82) is 0 Å². The van der Waals surface area contributed by atoms with Crippen molar-refractivity contribution >= 4 is 27.5 Å². The van der Waals surface area contributed by atoms with Crippen LogP contribution in [0.5, 0.6) is 0 Å². The molecule has 3 rings (SSSR count). The lowest BCUT2D eigenvalue weighted by Crippen LogP contribution is -2.55. The lowest BCUT2D eigenvalue weighted by Gasteiger charge is -2.35. The van der Waals surface area contributed by atoms with Crippen LogP contribution in [0.1, 0.15) is 50.8 Å². The Hall–Kier alpha value is -3.86. The van der Waals surface area contributed by atoms with Crippen molar-refractivity contribution in [2.24, 2.45) is 0 Å². The number of benzene rings is 3. The van der Waals surface area contributed by atoms with Crippen LogP contribution in [0.25, 0.3) is 0 Å². The average Bonchev–Trinajstić information content (AvgIpc) is 2.91. The van der Waals surface area contributed by atoms with E-state index in [0.29, 0.717) is 15.9 Å². The van der Waals surface area contributed by atoms with Crippen LogP contribution in [0.4, 0.5) is 18.9 Å². The highest BCUT2D eigenvalue weighted by atomic mass is 32.2. The molecule has 0 heterocycles. The third-order valence-electron chi connectivity index (χ3n) is 6.43. The van der Waals surface area contributed by atoms with Gasteiger partial charge in [0.15, 0.2) is 0 Å². The Morgan fingerprint density at radius 2 is 1.52 bits per heavy atom. The molecule has 3 aromatic rings. The number of carbonyl (C=O) groups excluding carboxylic acids is 2. The van der Waals surface area contributed by atoms with Gasteiger partial charge in [0.25, 0.3) is 10.0 Å². The lowest BCUT2D eigenvalue weighted by atomic mass is 10.1. The van der Waals surface area contributed by atoms with E-state index in [4.69, 9.17) is 0 Å². The van der Waals surface area contributed by atoms with Crippen molar-refractivity contribution in [1.82, 2.24) is 10.2 Å². The molecule has 0 fully saturated rings. The van der Waals surface area contributed by atoms with E-state index in [9.17, 15) is 31.2 Å². The fourth-order valence-electron chi connectivity index (χ4n) is 4.36. The standard InChI is InChI=1S/C31H36F3N3O4S/c1-6-27(29(39)35-30(3,4)5)36(20-23-11-8-7-9-12-23)28(38)21-37(25-14-10-13-24(19-25)31(32,33)34)42(40,41)26-17-15-22(2)16-18-26/h7-19,27H,6,20-21H2,1-5H3,(H,35,39). The van der Waals surface area contributed by atoms with E-state index in [2.05, 4.69) is 5.32 Å². The summed E-state index contributed by atoms with van der Waals surface area (Å²) in [6.45, 7) is 8.03. The van der Waals surface area contributed by atoms with Crippen LogP contribution in [0, 0.1) is 6.92 Å². The molecule has 0 spiro atoms. The first-order valence-corrected chi connectivity index (χ1v) is 14.9. The summed E-state index contributed by atoms with van der Waals surface area (Å²) in [5.74, 6) is -1.18. The topological polar surface area (TPSA) is 86.8 Å². The highest BCUT2D eigenvalue weighted by Gasteiger charge is 2.36. The normalized spacial score (nSPS) is 12.9. The molecule has 0 aromatic heterocycles. The maximum atomic E-state index is 14.0. The Balaban J connectivity index is 2.12. The van der Waals surface area contributed by atoms with E-state index in [-0.39, 0.29) is 23.5 Å². The number of hydrogen-bond donors (Lipinski definition) is 1. The van der Waals surface area contributed by atoms with Gasteiger partial charge < -0.3 is 10.2 Å². The minimum absolute atomic E-state index is 0.0171. The highest BCUT2D eigenvalue weighted by molar-refractivity contribution is 7.92. The van der Waals surface area contributed by atoms with Crippen LogP contribution in [0.2, 0.25) is 0 Å². The van der Waals surface area contributed by atoms with Gasteiger partial charge in [-0.1, -0.05) is 61.0 Å². The quantitative estimate of drug-likeness (QED) is 0.311. The molecule has 0 radical (unpaired) electrons. The molecule has 42 heavy (non-hydrogen) atoms. The van der Waals surface area contributed by atoms with Gasteiger partial charge in [0.2, 0.25) is 11.8 Å². The van der Waals surface area contributed by atoms with Crippen molar-refractivity contribution in [2.45, 2.75) is 70.2 Å². The summed E-state index contributed by atoms with van der Waals surface area (Å²) in [5.41, 5.74) is -0.523. The number of alkyl halides is 3. The summed E-state index contributed by atoms with van der Waals surface area (Å²) in [7, 11) is -4.50. The van der Waals surface area contributed by atoms with Gasteiger partial charge in [-0.3, -0.25) is 13.9 Å². The molecule has 0 saturated carbocycles. The maximum Gasteiger partial charge on any atom is 0.416 e. The summed E-state index contributed by atoms with van der Waals surface area (Å²) < 4.78 is 69.3. The number of nitrogens with zero attached hydrogens (tertiary/aromatic N) is 2. The van der Waals surface area contributed by atoms with Gasteiger partial charge in [-0.2, -0.15) is 13.2 Å². The van der Waals surface area contributed by atoms with Gasteiger partial charge in [-0.05, 0) is 70.0 Å². The smallest absolute Gasteiger partial charge is 0.350 e. The molecule has 0 aliphatic rings. The second-order valence-electron chi connectivity index (χ2n) is 11.0. The molecule has 0 bridgehead atoms. The number of sulfonamides is 1. The minimum Gasteiger partial charge on any atom is -0.350 e. The van der Waals surface area contributed by atoms with Gasteiger partial charge in [0.05, 0.1) is 16.1 Å². The van der Waals surface area contributed by atoms with Crippen LogP contribution >= 0.6 is 0 Å². The van der Waals surface area contributed by atoms with Crippen LogP contribution in [-0.2, 0) is 32.3 Å². The van der Waals surface area contributed by atoms with E-state index in [1.807, 2.05) is 0 Å². The van der Waals surface area contributed by atoms with Crippen molar-refractivity contribution in [2.75, 3.05) is 10.8 Å². The summed E-state index contributed by atoms with van der Waals surface area (Å²) in [6, 6.07) is 17.5. The first-order valence-electron chi connectivity index (χ1n) is 13.4. The predicted octanol–water partition coefficient (Wildman–Crippen LogP) is 5.93. The lowest BCUT2D eigenvalue weighted by molar-refractivity contribution is -0.141. The number of rotatable bonds is 10. The summed E-state index contributed by atoms with van der Waals surface area (Å²) in [4.78, 5) is 28.4. The molecule has 2 amide bonds. The molecule has 0 aliphatic carbocycles. The Morgan fingerprint density at radius 1 is 0.905 bits per heavy atom. The largest absolute Gasteiger partial charge is 0.416 e. The minimum atomic E-state index is -4.74. The van der Waals surface area contributed by atoms with Crippen LogP contribution in [0.15, 0.2) is 83.8 Å². The SMILES string of the molecule is CCC(C(=O)NC(C)(C)C)N(Cc1ccccc1)C(=O)CN(c1cccc(C(F)(F)F)c1)S(=O)(=O)c1ccc(C)cc1. The molecule has 1 atom stereocenters. The number of hydrogen-bond acceptors (Lipinski definition) is 4. The Labute approximate surface area is 245 Å². The highest BCUT2D eigenvalue weighted by Crippen LogP contribution is 2.33. The molecule has 226 valence electrons. The first kappa shape index (κ1) is 32.7. The summed E-state index contributed by atoms with van der Waals surface area (Å²) >= 11 is 0. The Morgan fingerprint density at radius 3 is 2.07 bits per heavy atom. The van der Waals surface area contributed by atoms with E-state index in [0.717, 1.165) is 17.7 Å². The van der Waals surface area contributed by atoms with Crippen LogP contribution < -0.4 is 9.62 Å². The zero-order valence-electron chi connectivity index (χ0n) is 24.3. The maximum absolute atomic E-state index is 14.0. The molecule has 0 aliphatic heterocycles. The third kappa shape index (κ3) is 8.34. The summed E-state index contributed by atoms with van der Waals surface area (Å²) in [5, 5.41) is 2.87. The molecular weight excluding hydrogens is 567 g/mol. The summed E-state index contributed by atoms with van der Waals surface area (Å²) in [6.07, 6.45) is -4.52. The van der Waals surface area contributed by atoms with Gasteiger partial charge in [-0.15, -0.1) is 0 Å². The molecule has 1 N–H and O–H groups in total. The fraction of sp³-hybridized carbons (Fsp3) is 0.355. The van der Waals surface area contributed by atoms with Crippen molar-refractivity contribution in [3.05, 3.63) is 95.6 Å². The fourth-order valence-corrected chi connectivity index (χ4v) is 5.76. The third-order valence-corrected chi connectivity index (χ3v) is 8.22. The Kier molecular flexibility index (Phi) is 10.1. The molecule has 7 nitrogen and oxygen atoms in total. The van der Waals surface area contributed by atoms with Gasteiger partial charge in [-0.25, -0.2) is 8.42 Å². The van der Waals surface area contributed by atoms with Crippen LogP contribution in [-0.4, -0.2) is 43.3 Å². The molecule has 3 aromatic carbocycles. The molecule has 0 saturated heterocycles. The van der Waals surface area contributed by atoms with Gasteiger partial charge >= 0.3 is 6.18 Å². The second-order valence-corrected chi connectivity index (χ2v) is 12.9. The number of nitrogens with one attached hydrogen (secondary N) is 1. The number of aryl methyl sites for hydroxylation is 1. The number of halogens is 3. The van der Waals surface area contributed by atoms with Crippen molar-refractivity contribution in [3.8, 4) is 0 Å². The first-order chi connectivity index (χ1) is 19.5. The van der Waals surface area contributed by atoms with Crippen LogP contribution in [0.3, 0.4) is 0 Å². The second kappa shape index (κ2) is 13.0. The van der Waals surface area contributed by atoms with Gasteiger partial charge in [0.1, 0.15) is 12.6 Å². The monoisotopic (exact) mass is 603 g/mol. The van der Waals surface area contributed by atoms with E-state index < -0.39 is 51.7 Å². The molecular formula is C31H36F3N3O4S. The molecule has 1 unspecified atom stereocenters. The van der Waals surface area contributed by atoms with E-state index >= 15 is 0 Å². The number of amides is 2. The van der Waals surface area contributed by atoms with Crippen molar-refractivity contribution in [3.63, 3.8) is 0 Å².